The topological polar surface area (TPSA) is 76.0 Å². The molecule has 5 nitrogen and oxygen atoms in total. The zero-order valence-electron chi connectivity index (χ0n) is 6.70. The molecule has 0 bridgehead atoms. The van der Waals surface area contributed by atoms with E-state index in [0.29, 0.717) is 0 Å². The molecule has 0 aliphatic carbocycles. The van der Waals surface area contributed by atoms with E-state index in [1.807, 2.05) is 0 Å². The molecular weight excluding hydrogens is 242 g/mol. The highest BCUT2D eigenvalue weighted by Gasteiger charge is 2.18. The zero-order valence-corrected chi connectivity index (χ0v) is 8.28. The van der Waals surface area contributed by atoms with Gasteiger partial charge in [-0.05, 0) is 0 Å². The van der Waals surface area contributed by atoms with Gasteiger partial charge in [-0.2, -0.15) is 0 Å². The van der Waals surface area contributed by atoms with Gasteiger partial charge in [0.15, 0.2) is 0 Å². The van der Waals surface area contributed by atoms with E-state index in [2.05, 4.69) is 32.5 Å². The first kappa shape index (κ1) is 11.8. The van der Waals surface area contributed by atoms with Crippen LogP contribution in [-0.4, -0.2) is 34.5 Å². The summed E-state index contributed by atoms with van der Waals surface area (Å²) in [4.78, 5) is 25.8. The van der Waals surface area contributed by atoms with E-state index < -0.39 is 17.5 Å². The van der Waals surface area contributed by atoms with Gasteiger partial charge in [0.1, 0.15) is 6.61 Å². The summed E-state index contributed by atoms with van der Waals surface area (Å²) in [5.41, 5.74) is -0.626. The number of ketones is 1. The van der Waals surface area contributed by atoms with Gasteiger partial charge in [-0.25, -0.2) is 4.79 Å². The fourth-order valence-corrected chi connectivity index (χ4v) is 0.693. The molecule has 6 heteroatoms. The van der Waals surface area contributed by atoms with Crippen LogP contribution in [0.5, 0.6) is 0 Å². The molecule has 0 aromatic rings. The first-order valence-corrected chi connectivity index (χ1v) is 4.39. The third-order valence-electron chi connectivity index (χ3n) is 0.936. The Hall–Kier alpha value is -1.17. The van der Waals surface area contributed by atoms with E-state index in [9.17, 15) is 9.59 Å². The van der Waals surface area contributed by atoms with Crippen LogP contribution in [0.2, 0.25) is 0 Å². The van der Waals surface area contributed by atoms with Gasteiger partial charge < -0.3 is 9.94 Å². The Kier molecular flexibility index (Phi) is 5.79. The summed E-state index contributed by atoms with van der Waals surface area (Å²) in [5.74, 6) is -2.05. The fourth-order valence-electron chi connectivity index (χ4n) is 0.427. The molecule has 0 atom stereocenters. The number of Topliss-reactive ketones (excluding diaryl/α,β-unsaturated/α-hetero) is 1. The Balaban J connectivity index is 4.40. The normalized spacial score (nSPS) is 10.7. The van der Waals surface area contributed by atoms with Crippen molar-refractivity contribution < 1.29 is 19.5 Å². The van der Waals surface area contributed by atoms with Crippen molar-refractivity contribution >= 4 is 33.4 Å². The third kappa shape index (κ3) is 4.41. The average Bonchev–Trinajstić information content (AvgIpc) is 2.11. The number of rotatable bonds is 6. The van der Waals surface area contributed by atoms with Gasteiger partial charge in [0.05, 0.1) is 5.33 Å². The maximum Gasteiger partial charge on any atom is 0.361 e. The second-order valence-electron chi connectivity index (χ2n) is 1.89. The number of hydrogen-bond donors (Lipinski definition) is 1. The number of halogens is 1. The molecule has 0 unspecified atom stereocenters. The Morgan fingerprint density at radius 3 is 2.62 bits per heavy atom. The van der Waals surface area contributed by atoms with E-state index in [-0.39, 0.29) is 11.9 Å². The number of nitrogens with zero attached hydrogens (tertiary/aromatic N) is 1. The molecule has 0 aliphatic heterocycles. The van der Waals surface area contributed by atoms with Crippen LogP contribution in [0.25, 0.3) is 0 Å². The summed E-state index contributed by atoms with van der Waals surface area (Å²) in [6, 6.07) is 0. The van der Waals surface area contributed by atoms with Crippen LogP contribution in [-0.2, 0) is 14.4 Å². The molecule has 1 N–H and O–H groups in total. The van der Waals surface area contributed by atoms with E-state index >= 15 is 0 Å². The molecule has 0 aromatic heterocycles. The number of alkyl halides is 1. The Bertz CT molecular complexity index is 249. The standard InChI is InChI=1S/C7H8BrNO4/c1-2-3-13-9-6(7(11)12)5(10)4-8/h2H,1,3-4H2,(H,11,12)/b9-6+. The Morgan fingerprint density at radius 1 is 1.62 bits per heavy atom. The summed E-state index contributed by atoms with van der Waals surface area (Å²) >= 11 is 2.82. The highest BCUT2D eigenvalue weighted by molar-refractivity contribution is 9.09. The molecule has 0 spiro atoms. The lowest BCUT2D eigenvalue weighted by molar-refractivity contribution is -0.130. The summed E-state index contributed by atoms with van der Waals surface area (Å²) in [6.45, 7) is 3.39. The van der Waals surface area contributed by atoms with Gasteiger partial charge in [-0.15, -0.1) is 0 Å². The van der Waals surface area contributed by atoms with E-state index in [1.165, 1.54) is 6.08 Å². The molecule has 0 saturated heterocycles. The van der Waals surface area contributed by atoms with Gasteiger partial charge in [0.25, 0.3) is 0 Å². The quantitative estimate of drug-likeness (QED) is 0.187. The molecule has 0 fully saturated rings. The average molecular weight is 250 g/mol. The smallest absolute Gasteiger partial charge is 0.361 e. The van der Waals surface area contributed by atoms with E-state index in [0.717, 1.165) is 0 Å². The molecule has 0 aromatic carbocycles. The largest absolute Gasteiger partial charge is 0.476 e. The van der Waals surface area contributed by atoms with Gasteiger partial charge in [0.2, 0.25) is 11.5 Å². The molecule has 0 heterocycles. The maximum absolute atomic E-state index is 10.9. The first-order valence-electron chi connectivity index (χ1n) is 3.26. The van der Waals surface area contributed by atoms with Gasteiger partial charge in [-0.3, -0.25) is 4.79 Å². The zero-order chi connectivity index (χ0) is 10.3. The maximum atomic E-state index is 10.9. The van der Waals surface area contributed by atoms with Crippen LogP contribution in [0, 0.1) is 0 Å². The predicted molar refractivity (Wildman–Crippen MR) is 50.0 cm³/mol. The van der Waals surface area contributed by atoms with Crippen LogP contribution in [0.3, 0.4) is 0 Å². The van der Waals surface area contributed by atoms with Crippen LogP contribution in [0.4, 0.5) is 0 Å². The molecular formula is C7H8BrNO4. The SMILES string of the molecule is C=CCO/N=C(/C(=O)O)C(=O)CBr. The minimum atomic E-state index is -1.41. The van der Waals surface area contributed by atoms with Crippen LogP contribution in [0.15, 0.2) is 17.8 Å². The summed E-state index contributed by atoms with van der Waals surface area (Å²) < 4.78 is 0. The van der Waals surface area contributed by atoms with Crippen molar-refractivity contribution in [1.29, 1.82) is 0 Å². The van der Waals surface area contributed by atoms with Gasteiger partial charge in [-0.1, -0.05) is 33.7 Å². The summed E-state index contributed by atoms with van der Waals surface area (Å²) in [5, 5.41) is 11.5. The highest BCUT2D eigenvalue weighted by atomic mass is 79.9. The number of carbonyl (C=O) groups is 2. The van der Waals surface area contributed by atoms with Gasteiger partial charge >= 0.3 is 5.97 Å². The van der Waals surface area contributed by atoms with E-state index in [1.54, 1.807) is 0 Å². The minimum Gasteiger partial charge on any atom is -0.476 e. The molecule has 0 aliphatic rings. The second kappa shape index (κ2) is 6.36. The van der Waals surface area contributed by atoms with Crippen LogP contribution >= 0.6 is 15.9 Å². The number of carboxylic acids is 1. The molecule has 13 heavy (non-hydrogen) atoms. The van der Waals surface area contributed by atoms with Crippen molar-refractivity contribution in [3.8, 4) is 0 Å². The van der Waals surface area contributed by atoms with Gasteiger partial charge in [0, 0.05) is 0 Å². The predicted octanol–water partition coefficient (Wildman–Crippen LogP) is 0.594. The summed E-state index contributed by atoms with van der Waals surface area (Å²) in [6.07, 6.45) is 1.39. The van der Waals surface area contributed by atoms with Crippen molar-refractivity contribution in [3.63, 3.8) is 0 Å². The lowest BCUT2D eigenvalue weighted by Crippen LogP contribution is -2.25. The van der Waals surface area contributed by atoms with E-state index in [4.69, 9.17) is 5.11 Å². The molecule has 0 rings (SSSR count). The van der Waals surface area contributed by atoms with Crippen molar-refractivity contribution in [3.05, 3.63) is 12.7 Å². The highest BCUT2D eigenvalue weighted by Crippen LogP contribution is 1.90. The van der Waals surface area contributed by atoms with Crippen molar-refractivity contribution in [2.45, 2.75) is 0 Å². The summed E-state index contributed by atoms with van der Waals surface area (Å²) in [7, 11) is 0. The number of oxime groups is 1. The van der Waals surface area contributed by atoms with Crippen molar-refractivity contribution in [1.82, 2.24) is 0 Å². The number of aliphatic carboxylic acids is 1. The first-order chi connectivity index (χ1) is 6.13. The lowest BCUT2D eigenvalue weighted by atomic mass is 10.3. The minimum absolute atomic E-state index is 0.0619. The number of carbonyl (C=O) groups excluding carboxylic acids is 1. The monoisotopic (exact) mass is 249 g/mol. The second-order valence-corrected chi connectivity index (χ2v) is 2.45. The number of hydrogen-bond acceptors (Lipinski definition) is 4. The fraction of sp³-hybridized carbons (Fsp3) is 0.286. The Morgan fingerprint density at radius 2 is 2.23 bits per heavy atom. The van der Waals surface area contributed by atoms with Crippen molar-refractivity contribution in [2.75, 3.05) is 11.9 Å². The Labute approximate surface area is 83.2 Å². The van der Waals surface area contributed by atoms with Crippen molar-refractivity contribution in [2.24, 2.45) is 5.16 Å². The third-order valence-corrected chi connectivity index (χ3v) is 1.45. The van der Waals surface area contributed by atoms with Crippen LogP contribution < -0.4 is 0 Å². The lowest BCUT2D eigenvalue weighted by Gasteiger charge is -1.97. The van der Waals surface area contributed by atoms with Crippen LogP contribution in [0.1, 0.15) is 0 Å². The molecule has 0 amide bonds. The molecule has 72 valence electrons. The number of carboxylic acid groups (broad SMARTS) is 1. The molecule has 0 radical (unpaired) electrons. The molecule has 0 saturated carbocycles.